The smallest absolute Gasteiger partial charge is 0.311 e. The van der Waals surface area contributed by atoms with Gasteiger partial charge in [0.2, 0.25) is 0 Å². The second-order valence-electron chi connectivity index (χ2n) is 4.79. The van der Waals surface area contributed by atoms with Crippen LogP contribution in [0.15, 0.2) is 42.5 Å². The minimum Gasteiger partial charge on any atom is -0.496 e. The quantitative estimate of drug-likeness (QED) is 0.890. The highest BCUT2D eigenvalue weighted by molar-refractivity contribution is 5.78. The maximum Gasteiger partial charge on any atom is 0.311 e. The van der Waals surface area contributed by atoms with Gasteiger partial charge in [-0.1, -0.05) is 18.2 Å². The van der Waals surface area contributed by atoms with E-state index in [9.17, 15) is 14.3 Å². The molecule has 0 heterocycles. The Balaban J connectivity index is 2.42. The number of methoxy groups -OCH3 is 2. The fourth-order valence-electron chi connectivity index (χ4n) is 2.41. The van der Waals surface area contributed by atoms with Crippen molar-refractivity contribution in [2.75, 3.05) is 14.2 Å². The Morgan fingerprint density at radius 2 is 1.82 bits per heavy atom. The first kappa shape index (κ1) is 15.8. The molecule has 4 nitrogen and oxygen atoms in total. The zero-order valence-corrected chi connectivity index (χ0v) is 12.4. The SMILES string of the molecule is COc1ccc(F)cc1CC(C(=O)O)c1ccccc1OC. The molecule has 2 aromatic carbocycles. The summed E-state index contributed by atoms with van der Waals surface area (Å²) in [6.45, 7) is 0. The average molecular weight is 304 g/mol. The number of carboxylic acid groups (broad SMARTS) is 1. The largest absolute Gasteiger partial charge is 0.496 e. The standard InChI is InChI=1S/C17H17FO4/c1-21-15-8-7-12(18)9-11(15)10-14(17(19)20)13-5-3-4-6-16(13)22-2/h3-9,14H,10H2,1-2H3,(H,19,20). The van der Waals surface area contributed by atoms with E-state index in [-0.39, 0.29) is 6.42 Å². The topological polar surface area (TPSA) is 55.8 Å². The second kappa shape index (κ2) is 6.93. The number of carbonyl (C=O) groups is 1. The van der Waals surface area contributed by atoms with Gasteiger partial charge in [0.15, 0.2) is 0 Å². The van der Waals surface area contributed by atoms with Gasteiger partial charge in [0.1, 0.15) is 17.3 Å². The number of ether oxygens (including phenoxy) is 2. The van der Waals surface area contributed by atoms with Crippen molar-refractivity contribution in [1.29, 1.82) is 0 Å². The van der Waals surface area contributed by atoms with Crippen molar-refractivity contribution in [2.45, 2.75) is 12.3 Å². The summed E-state index contributed by atoms with van der Waals surface area (Å²) in [5.41, 5.74) is 1.05. The van der Waals surface area contributed by atoms with Crippen LogP contribution in [-0.2, 0) is 11.2 Å². The number of rotatable bonds is 6. The molecule has 1 atom stereocenters. The molecule has 0 fully saturated rings. The Morgan fingerprint density at radius 3 is 2.45 bits per heavy atom. The van der Waals surface area contributed by atoms with Crippen LogP contribution in [-0.4, -0.2) is 25.3 Å². The summed E-state index contributed by atoms with van der Waals surface area (Å²) >= 11 is 0. The Morgan fingerprint density at radius 1 is 1.14 bits per heavy atom. The van der Waals surface area contributed by atoms with Crippen molar-refractivity contribution in [3.8, 4) is 11.5 Å². The fraction of sp³-hybridized carbons (Fsp3) is 0.235. The Hall–Kier alpha value is -2.56. The molecule has 0 amide bonds. The number of para-hydroxylation sites is 1. The molecule has 5 heteroatoms. The lowest BCUT2D eigenvalue weighted by Gasteiger charge is -2.17. The van der Waals surface area contributed by atoms with Crippen LogP contribution in [0.25, 0.3) is 0 Å². The van der Waals surface area contributed by atoms with Gasteiger partial charge in [-0.3, -0.25) is 4.79 Å². The molecule has 2 rings (SSSR count). The zero-order valence-electron chi connectivity index (χ0n) is 12.4. The van der Waals surface area contributed by atoms with Crippen molar-refractivity contribution in [3.05, 3.63) is 59.4 Å². The highest BCUT2D eigenvalue weighted by Crippen LogP contribution is 2.32. The van der Waals surface area contributed by atoms with Gasteiger partial charge in [-0.15, -0.1) is 0 Å². The molecule has 0 spiro atoms. The van der Waals surface area contributed by atoms with Crippen LogP contribution >= 0.6 is 0 Å². The first-order valence-corrected chi connectivity index (χ1v) is 6.75. The molecule has 0 radical (unpaired) electrons. The van der Waals surface area contributed by atoms with Crippen LogP contribution in [0.4, 0.5) is 4.39 Å². The van der Waals surface area contributed by atoms with Gasteiger partial charge in [0.05, 0.1) is 20.1 Å². The van der Waals surface area contributed by atoms with E-state index >= 15 is 0 Å². The summed E-state index contributed by atoms with van der Waals surface area (Å²) in [5, 5.41) is 9.55. The third kappa shape index (κ3) is 3.36. The lowest BCUT2D eigenvalue weighted by molar-refractivity contribution is -0.138. The molecule has 0 bridgehead atoms. The number of halogens is 1. The summed E-state index contributed by atoms with van der Waals surface area (Å²) in [4.78, 5) is 11.7. The van der Waals surface area contributed by atoms with E-state index in [1.165, 1.54) is 32.4 Å². The van der Waals surface area contributed by atoms with Crippen molar-refractivity contribution in [3.63, 3.8) is 0 Å². The Kier molecular flexibility index (Phi) is 4.99. The van der Waals surface area contributed by atoms with Crippen molar-refractivity contribution >= 4 is 5.97 Å². The van der Waals surface area contributed by atoms with Gasteiger partial charge in [-0.2, -0.15) is 0 Å². The summed E-state index contributed by atoms with van der Waals surface area (Å²) in [7, 11) is 2.95. The molecule has 1 unspecified atom stereocenters. The van der Waals surface area contributed by atoms with Crippen molar-refractivity contribution < 1.29 is 23.8 Å². The molecule has 0 saturated carbocycles. The minimum atomic E-state index is -1.00. The van der Waals surface area contributed by atoms with Gasteiger partial charge in [0.25, 0.3) is 0 Å². The summed E-state index contributed by atoms with van der Waals surface area (Å²) in [6.07, 6.45) is 0.108. The maximum atomic E-state index is 13.5. The first-order chi connectivity index (χ1) is 10.6. The van der Waals surface area contributed by atoms with Gasteiger partial charge >= 0.3 is 5.97 Å². The minimum absolute atomic E-state index is 0.108. The molecule has 22 heavy (non-hydrogen) atoms. The van der Waals surface area contributed by atoms with Gasteiger partial charge < -0.3 is 14.6 Å². The predicted octanol–water partition coefficient (Wildman–Crippen LogP) is 3.25. The molecule has 0 aliphatic heterocycles. The monoisotopic (exact) mass is 304 g/mol. The van der Waals surface area contributed by atoms with E-state index < -0.39 is 17.7 Å². The highest BCUT2D eigenvalue weighted by atomic mass is 19.1. The fourth-order valence-corrected chi connectivity index (χ4v) is 2.41. The number of hydrogen-bond acceptors (Lipinski definition) is 3. The normalized spacial score (nSPS) is 11.8. The number of carboxylic acids is 1. The number of benzene rings is 2. The number of aliphatic carboxylic acids is 1. The van der Waals surface area contributed by atoms with E-state index in [4.69, 9.17) is 9.47 Å². The Bertz CT molecular complexity index is 669. The van der Waals surface area contributed by atoms with Crippen LogP contribution in [0, 0.1) is 5.82 Å². The van der Waals surface area contributed by atoms with Crippen LogP contribution in [0.2, 0.25) is 0 Å². The molecule has 0 saturated heterocycles. The summed E-state index contributed by atoms with van der Waals surface area (Å²) in [6, 6.07) is 11.0. The van der Waals surface area contributed by atoms with Crippen LogP contribution in [0.1, 0.15) is 17.0 Å². The zero-order chi connectivity index (χ0) is 16.1. The Labute approximate surface area is 128 Å². The average Bonchev–Trinajstić information content (AvgIpc) is 2.52. The summed E-state index contributed by atoms with van der Waals surface area (Å²) in [5.74, 6) is -1.34. The number of hydrogen-bond donors (Lipinski definition) is 1. The third-order valence-electron chi connectivity index (χ3n) is 3.48. The lowest BCUT2D eigenvalue weighted by Crippen LogP contribution is -2.16. The van der Waals surface area contributed by atoms with Crippen LogP contribution < -0.4 is 9.47 Å². The van der Waals surface area contributed by atoms with E-state index in [1.807, 2.05) is 0 Å². The van der Waals surface area contributed by atoms with E-state index in [1.54, 1.807) is 24.3 Å². The molecular weight excluding hydrogens is 287 g/mol. The summed E-state index contributed by atoms with van der Waals surface area (Å²) < 4.78 is 23.9. The van der Waals surface area contributed by atoms with E-state index in [2.05, 4.69) is 0 Å². The molecule has 1 N–H and O–H groups in total. The molecule has 116 valence electrons. The maximum absolute atomic E-state index is 13.5. The van der Waals surface area contributed by atoms with Crippen molar-refractivity contribution in [1.82, 2.24) is 0 Å². The molecular formula is C17H17FO4. The molecule has 0 aliphatic rings. The second-order valence-corrected chi connectivity index (χ2v) is 4.79. The van der Waals surface area contributed by atoms with Crippen LogP contribution in [0.5, 0.6) is 11.5 Å². The molecule has 2 aromatic rings. The molecule has 0 aromatic heterocycles. The third-order valence-corrected chi connectivity index (χ3v) is 3.48. The predicted molar refractivity (Wildman–Crippen MR) is 80.0 cm³/mol. The van der Waals surface area contributed by atoms with E-state index in [0.717, 1.165) is 0 Å². The lowest BCUT2D eigenvalue weighted by atomic mass is 9.91. The van der Waals surface area contributed by atoms with Gasteiger partial charge in [0, 0.05) is 5.56 Å². The van der Waals surface area contributed by atoms with Crippen LogP contribution in [0.3, 0.4) is 0 Å². The van der Waals surface area contributed by atoms with E-state index in [0.29, 0.717) is 22.6 Å². The van der Waals surface area contributed by atoms with Gasteiger partial charge in [-0.25, -0.2) is 4.39 Å². The molecule has 0 aliphatic carbocycles. The highest BCUT2D eigenvalue weighted by Gasteiger charge is 2.25. The van der Waals surface area contributed by atoms with Crippen molar-refractivity contribution in [2.24, 2.45) is 0 Å². The first-order valence-electron chi connectivity index (χ1n) is 6.75. The van der Waals surface area contributed by atoms with Gasteiger partial charge in [-0.05, 0) is 36.2 Å².